The Balaban J connectivity index is 2.31. The first-order chi connectivity index (χ1) is 15.1. The number of esters is 3. The average molecular weight is 450 g/mol. The molecule has 0 aromatic heterocycles. The first-order valence-corrected chi connectivity index (χ1v) is 9.76. The zero-order valence-corrected chi connectivity index (χ0v) is 17.6. The van der Waals surface area contributed by atoms with Crippen molar-refractivity contribution in [3.05, 3.63) is 70.3 Å². The van der Waals surface area contributed by atoms with Crippen molar-refractivity contribution < 1.29 is 41.8 Å². The Labute approximate surface area is 182 Å². The minimum Gasteiger partial charge on any atom is -0.468 e. The summed E-state index contributed by atoms with van der Waals surface area (Å²) in [5.41, 5.74) is -2.56. The van der Waals surface area contributed by atoms with Crippen LogP contribution in [0.15, 0.2) is 42.5 Å². The van der Waals surface area contributed by atoms with Crippen LogP contribution in [-0.2, 0) is 35.4 Å². The van der Waals surface area contributed by atoms with E-state index in [-0.39, 0.29) is 35.3 Å². The normalized spacial score (nSPS) is 16.8. The molecule has 9 heteroatoms. The standard InChI is InChI=1S/C23H21F3O6/c1-4-32-19(27)13-9-10-17-15(11-13)16(12-22(17,20(28)30-2)21(29)31-3)14-7-5-6-8-18(14)23(24,25)26/h5-11,16H,4,12H2,1-3H3. The number of carbonyl (C=O) groups is 3. The summed E-state index contributed by atoms with van der Waals surface area (Å²) in [4.78, 5) is 38.0. The van der Waals surface area contributed by atoms with Gasteiger partial charge in [0.1, 0.15) is 0 Å². The number of ether oxygens (including phenoxy) is 3. The molecule has 0 saturated carbocycles. The van der Waals surface area contributed by atoms with Crippen molar-refractivity contribution in [2.24, 2.45) is 0 Å². The second-order valence-corrected chi connectivity index (χ2v) is 7.25. The van der Waals surface area contributed by atoms with Crippen molar-refractivity contribution in [1.82, 2.24) is 0 Å². The van der Waals surface area contributed by atoms with E-state index in [9.17, 15) is 27.6 Å². The highest BCUT2D eigenvalue weighted by molar-refractivity contribution is 6.08. The van der Waals surface area contributed by atoms with Gasteiger partial charge in [0.15, 0.2) is 5.41 Å². The maximum absolute atomic E-state index is 13.8. The Morgan fingerprint density at radius 3 is 2.19 bits per heavy atom. The number of hydrogen-bond donors (Lipinski definition) is 0. The first kappa shape index (κ1) is 23.3. The van der Waals surface area contributed by atoms with Crippen LogP contribution in [0.25, 0.3) is 0 Å². The SMILES string of the molecule is CCOC(=O)c1ccc2c(c1)C(c1ccccc1C(F)(F)F)CC2(C(=O)OC)C(=O)OC. The molecule has 0 aliphatic heterocycles. The van der Waals surface area contributed by atoms with E-state index < -0.39 is 41.0 Å². The predicted molar refractivity (Wildman–Crippen MR) is 106 cm³/mol. The van der Waals surface area contributed by atoms with Gasteiger partial charge in [-0.1, -0.05) is 24.3 Å². The molecule has 0 saturated heterocycles. The molecule has 3 rings (SSSR count). The van der Waals surface area contributed by atoms with E-state index in [0.29, 0.717) is 0 Å². The van der Waals surface area contributed by atoms with E-state index in [1.165, 1.54) is 36.4 Å². The molecule has 32 heavy (non-hydrogen) atoms. The fourth-order valence-corrected chi connectivity index (χ4v) is 4.26. The van der Waals surface area contributed by atoms with Crippen LogP contribution in [0.1, 0.15) is 51.9 Å². The van der Waals surface area contributed by atoms with Gasteiger partial charge in [0.25, 0.3) is 0 Å². The van der Waals surface area contributed by atoms with Crippen LogP contribution in [0.5, 0.6) is 0 Å². The highest BCUT2D eigenvalue weighted by atomic mass is 19.4. The van der Waals surface area contributed by atoms with Gasteiger partial charge in [-0.2, -0.15) is 13.2 Å². The van der Waals surface area contributed by atoms with Crippen LogP contribution in [0, 0.1) is 0 Å². The zero-order chi connectivity index (χ0) is 23.7. The van der Waals surface area contributed by atoms with Gasteiger partial charge in [-0.25, -0.2) is 4.79 Å². The van der Waals surface area contributed by atoms with E-state index >= 15 is 0 Å². The Bertz CT molecular complexity index is 1040. The number of hydrogen-bond acceptors (Lipinski definition) is 6. The molecule has 0 heterocycles. The van der Waals surface area contributed by atoms with Crippen LogP contribution >= 0.6 is 0 Å². The molecule has 0 radical (unpaired) electrons. The molecule has 170 valence electrons. The van der Waals surface area contributed by atoms with Gasteiger partial charge in [0.05, 0.1) is 32.0 Å². The van der Waals surface area contributed by atoms with Crippen molar-refractivity contribution in [3.63, 3.8) is 0 Å². The summed E-state index contributed by atoms with van der Waals surface area (Å²) in [5, 5.41) is 0. The lowest BCUT2D eigenvalue weighted by Crippen LogP contribution is -2.44. The van der Waals surface area contributed by atoms with Crippen molar-refractivity contribution in [2.75, 3.05) is 20.8 Å². The van der Waals surface area contributed by atoms with Crippen LogP contribution in [-0.4, -0.2) is 38.7 Å². The number of alkyl halides is 3. The van der Waals surface area contributed by atoms with Crippen LogP contribution in [0.4, 0.5) is 13.2 Å². The summed E-state index contributed by atoms with van der Waals surface area (Å²) in [6, 6.07) is 9.00. The fraction of sp³-hybridized carbons (Fsp3) is 0.348. The van der Waals surface area contributed by atoms with E-state index in [1.54, 1.807) is 6.92 Å². The summed E-state index contributed by atoms with van der Waals surface area (Å²) in [6.45, 7) is 1.72. The summed E-state index contributed by atoms with van der Waals surface area (Å²) in [6.07, 6.45) is -5.02. The number of benzene rings is 2. The minimum atomic E-state index is -4.67. The molecule has 1 aliphatic rings. The Hall–Kier alpha value is -3.36. The minimum absolute atomic E-state index is 0.0885. The smallest absolute Gasteiger partial charge is 0.416 e. The molecule has 2 aromatic rings. The average Bonchev–Trinajstić information content (AvgIpc) is 3.13. The molecular formula is C23H21F3O6. The lowest BCUT2D eigenvalue weighted by atomic mass is 9.80. The van der Waals surface area contributed by atoms with E-state index in [0.717, 1.165) is 20.3 Å². The number of halogens is 3. The molecule has 0 spiro atoms. The number of fused-ring (bicyclic) bond motifs is 1. The lowest BCUT2D eigenvalue weighted by Gasteiger charge is -2.25. The molecule has 1 aliphatic carbocycles. The van der Waals surface area contributed by atoms with Gasteiger partial charge >= 0.3 is 24.1 Å². The van der Waals surface area contributed by atoms with E-state index in [4.69, 9.17) is 14.2 Å². The van der Waals surface area contributed by atoms with Gasteiger partial charge in [-0.15, -0.1) is 0 Å². The zero-order valence-electron chi connectivity index (χ0n) is 17.6. The second kappa shape index (κ2) is 8.64. The van der Waals surface area contributed by atoms with Crippen LogP contribution in [0.2, 0.25) is 0 Å². The Kier molecular flexibility index (Phi) is 6.29. The van der Waals surface area contributed by atoms with Crippen LogP contribution < -0.4 is 0 Å². The van der Waals surface area contributed by atoms with E-state index in [1.807, 2.05) is 0 Å². The van der Waals surface area contributed by atoms with Crippen molar-refractivity contribution in [2.45, 2.75) is 30.9 Å². The predicted octanol–water partition coefficient (Wildman–Crippen LogP) is 4.00. The van der Waals surface area contributed by atoms with Gasteiger partial charge in [-0.3, -0.25) is 9.59 Å². The largest absolute Gasteiger partial charge is 0.468 e. The molecule has 0 bridgehead atoms. The number of rotatable bonds is 5. The third-order valence-electron chi connectivity index (χ3n) is 5.62. The highest BCUT2D eigenvalue weighted by Gasteiger charge is 2.58. The van der Waals surface area contributed by atoms with E-state index in [2.05, 4.69) is 0 Å². The third-order valence-corrected chi connectivity index (χ3v) is 5.62. The van der Waals surface area contributed by atoms with Crippen LogP contribution in [0.3, 0.4) is 0 Å². The molecule has 2 aromatic carbocycles. The summed E-state index contributed by atoms with van der Waals surface area (Å²) >= 11 is 0. The quantitative estimate of drug-likeness (QED) is 0.389. The second-order valence-electron chi connectivity index (χ2n) is 7.25. The molecule has 1 unspecified atom stereocenters. The number of carbonyl (C=O) groups excluding carboxylic acids is 3. The Morgan fingerprint density at radius 2 is 1.62 bits per heavy atom. The van der Waals surface area contributed by atoms with Gasteiger partial charge in [0.2, 0.25) is 0 Å². The summed E-state index contributed by atoms with van der Waals surface area (Å²) in [5.74, 6) is -3.62. The molecule has 0 amide bonds. The lowest BCUT2D eigenvalue weighted by molar-refractivity contribution is -0.162. The maximum atomic E-state index is 13.8. The molecule has 6 nitrogen and oxygen atoms in total. The Morgan fingerprint density at radius 1 is 1.00 bits per heavy atom. The molecule has 0 N–H and O–H groups in total. The highest BCUT2D eigenvalue weighted by Crippen LogP contribution is 2.52. The molecule has 1 atom stereocenters. The maximum Gasteiger partial charge on any atom is 0.416 e. The molecular weight excluding hydrogens is 429 g/mol. The third kappa shape index (κ3) is 3.72. The summed E-state index contributed by atoms with van der Waals surface area (Å²) < 4.78 is 56.0. The summed E-state index contributed by atoms with van der Waals surface area (Å²) in [7, 11) is 2.16. The monoisotopic (exact) mass is 450 g/mol. The van der Waals surface area contributed by atoms with Crippen molar-refractivity contribution in [3.8, 4) is 0 Å². The van der Waals surface area contributed by atoms with Crippen molar-refractivity contribution >= 4 is 17.9 Å². The topological polar surface area (TPSA) is 78.9 Å². The van der Waals surface area contributed by atoms with Gasteiger partial charge < -0.3 is 14.2 Å². The number of methoxy groups -OCH3 is 2. The van der Waals surface area contributed by atoms with Gasteiger partial charge in [-0.05, 0) is 48.2 Å². The first-order valence-electron chi connectivity index (χ1n) is 9.76. The molecule has 0 fully saturated rings. The van der Waals surface area contributed by atoms with Gasteiger partial charge in [0, 0.05) is 5.92 Å². The fourth-order valence-electron chi connectivity index (χ4n) is 4.26. The van der Waals surface area contributed by atoms with Crippen molar-refractivity contribution in [1.29, 1.82) is 0 Å².